The number of benzene rings is 1. The molecule has 7 heteroatoms. The van der Waals surface area contributed by atoms with Gasteiger partial charge in [-0.15, -0.1) is 11.3 Å². The average molecular weight is 415 g/mol. The topological polar surface area (TPSA) is 71.3 Å². The Morgan fingerprint density at radius 3 is 2.86 bits per heavy atom. The molecule has 2 unspecified atom stereocenters. The number of nitrogens with one attached hydrogen (secondary N) is 1. The Kier molecular flexibility index (Phi) is 6.32. The highest BCUT2D eigenvalue weighted by molar-refractivity contribution is 7.73. The molecule has 2 atom stereocenters. The van der Waals surface area contributed by atoms with Crippen LogP contribution in [0.2, 0.25) is 0 Å². The van der Waals surface area contributed by atoms with Crippen LogP contribution in [0, 0.1) is 21.1 Å². The molecule has 0 fully saturated rings. The lowest BCUT2D eigenvalue weighted by atomic mass is 9.85. The lowest BCUT2D eigenvalue weighted by Crippen LogP contribution is -2.30. The van der Waals surface area contributed by atoms with Crippen LogP contribution in [0.15, 0.2) is 24.3 Å². The van der Waals surface area contributed by atoms with E-state index in [9.17, 15) is 10.1 Å². The van der Waals surface area contributed by atoms with Crippen LogP contribution < -0.4 is 14.8 Å². The van der Waals surface area contributed by atoms with E-state index >= 15 is 0 Å². The number of nitriles is 1. The van der Waals surface area contributed by atoms with Gasteiger partial charge in [-0.2, -0.15) is 5.26 Å². The van der Waals surface area contributed by atoms with Crippen LogP contribution in [0.25, 0.3) is 0 Å². The predicted molar refractivity (Wildman–Crippen MR) is 113 cm³/mol. The molecule has 1 amide bonds. The molecule has 5 nitrogen and oxygen atoms in total. The number of carbonyl (C=O) groups excluding carboxylic acids is 1. The number of hydrogen-bond donors (Lipinski definition) is 1. The van der Waals surface area contributed by atoms with Gasteiger partial charge in [0, 0.05) is 6.07 Å². The summed E-state index contributed by atoms with van der Waals surface area (Å²) in [6.07, 6.45) is 1.99. The van der Waals surface area contributed by atoms with Crippen molar-refractivity contribution in [3.05, 3.63) is 44.8 Å². The predicted octanol–water partition coefficient (Wildman–Crippen LogP) is 4.89. The Labute approximate surface area is 173 Å². The van der Waals surface area contributed by atoms with E-state index in [4.69, 9.17) is 21.7 Å². The molecule has 0 aliphatic heterocycles. The third-order valence-electron chi connectivity index (χ3n) is 4.85. The van der Waals surface area contributed by atoms with Gasteiger partial charge in [0.1, 0.15) is 22.6 Å². The molecule has 146 valence electrons. The van der Waals surface area contributed by atoms with Gasteiger partial charge < -0.3 is 14.8 Å². The van der Waals surface area contributed by atoms with Crippen molar-refractivity contribution in [2.45, 2.75) is 39.2 Å². The molecule has 1 aliphatic carbocycles. The minimum atomic E-state index is -0.740. The molecule has 1 heterocycles. The van der Waals surface area contributed by atoms with Gasteiger partial charge in [0.2, 0.25) is 0 Å². The van der Waals surface area contributed by atoms with E-state index in [1.165, 1.54) is 11.3 Å². The Hall–Kier alpha value is -2.43. The summed E-state index contributed by atoms with van der Waals surface area (Å²) in [5, 5.41) is 13.1. The van der Waals surface area contributed by atoms with E-state index in [0.717, 1.165) is 34.2 Å². The van der Waals surface area contributed by atoms with Crippen molar-refractivity contribution < 1.29 is 14.3 Å². The zero-order valence-electron chi connectivity index (χ0n) is 16.1. The van der Waals surface area contributed by atoms with Gasteiger partial charge in [-0.25, -0.2) is 0 Å². The molecular formula is C21H22N2O3S2. The average Bonchev–Trinajstić information content (AvgIpc) is 2.68. The molecule has 3 rings (SSSR count). The van der Waals surface area contributed by atoms with E-state index < -0.39 is 6.10 Å². The summed E-state index contributed by atoms with van der Waals surface area (Å²) in [6, 6.07) is 9.34. The van der Waals surface area contributed by atoms with Gasteiger partial charge in [-0.1, -0.05) is 25.2 Å². The zero-order chi connectivity index (χ0) is 20.3. The zero-order valence-corrected chi connectivity index (χ0v) is 17.7. The SMILES string of the molecule is COc1cccc(OC(C)C(=O)Nc2sc(=S)c3c(c2C#N)CCC(C)C3)c1. The Morgan fingerprint density at radius 2 is 2.14 bits per heavy atom. The monoisotopic (exact) mass is 414 g/mol. The summed E-state index contributed by atoms with van der Waals surface area (Å²) < 4.78 is 11.6. The van der Waals surface area contributed by atoms with Crippen LogP contribution in [0.4, 0.5) is 5.00 Å². The summed E-state index contributed by atoms with van der Waals surface area (Å²) in [6.45, 7) is 3.86. The number of fused-ring (bicyclic) bond motifs is 1. The van der Waals surface area contributed by atoms with E-state index in [0.29, 0.717) is 28.0 Å². The molecule has 28 heavy (non-hydrogen) atoms. The van der Waals surface area contributed by atoms with Crippen LogP contribution >= 0.6 is 23.6 Å². The normalized spacial score (nSPS) is 16.4. The smallest absolute Gasteiger partial charge is 0.265 e. The number of amides is 1. The largest absolute Gasteiger partial charge is 0.497 e. The minimum absolute atomic E-state index is 0.325. The van der Waals surface area contributed by atoms with Crippen molar-refractivity contribution in [2.75, 3.05) is 12.4 Å². The molecule has 1 aromatic carbocycles. The summed E-state index contributed by atoms with van der Waals surface area (Å²) in [5.41, 5.74) is 2.61. The molecule has 1 N–H and O–H groups in total. The fraction of sp³-hybridized carbons (Fsp3) is 0.381. The number of ether oxygens (including phenoxy) is 2. The molecule has 0 saturated heterocycles. The second-order valence-corrected chi connectivity index (χ2v) is 8.63. The fourth-order valence-corrected chi connectivity index (χ4v) is 4.69. The van der Waals surface area contributed by atoms with Gasteiger partial charge in [-0.05, 0) is 55.4 Å². The van der Waals surface area contributed by atoms with Gasteiger partial charge >= 0.3 is 0 Å². The highest BCUT2D eigenvalue weighted by atomic mass is 32.1. The van der Waals surface area contributed by atoms with Crippen molar-refractivity contribution in [1.29, 1.82) is 5.26 Å². The molecule has 0 radical (unpaired) electrons. The molecule has 1 aliphatic rings. The van der Waals surface area contributed by atoms with Gasteiger partial charge in [-0.3, -0.25) is 4.79 Å². The molecule has 2 aromatic rings. The first-order chi connectivity index (χ1) is 13.4. The van der Waals surface area contributed by atoms with Gasteiger partial charge in [0.25, 0.3) is 5.91 Å². The third-order valence-corrected chi connectivity index (χ3v) is 6.28. The lowest BCUT2D eigenvalue weighted by molar-refractivity contribution is -0.122. The third kappa shape index (κ3) is 4.34. The van der Waals surface area contributed by atoms with Crippen molar-refractivity contribution in [2.24, 2.45) is 5.92 Å². The molecule has 0 bridgehead atoms. The Balaban J connectivity index is 1.81. The number of rotatable bonds is 5. The van der Waals surface area contributed by atoms with E-state index in [-0.39, 0.29) is 5.91 Å². The van der Waals surface area contributed by atoms with Crippen molar-refractivity contribution in [3.8, 4) is 17.6 Å². The lowest BCUT2D eigenvalue weighted by Gasteiger charge is -2.23. The summed E-state index contributed by atoms with van der Waals surface area (Å²) >= 11 is 6.84. The van der Waals surface area contributed by atoms with Crippen molar-refractivity contribution >= 4 is 34.5 Å². The summed E-state index contributed by atoms with van der Waals surface area (Å²) in [7, 11) is 1.57. The number of anilines is 1. The first-order valence-corrected chi connectivity index (χ1v) is 10.4. The standard InChI is InChI=1S/C21H22N2O3S2/c1-12-7-8-16-17(9-12)21(27)28-20(18(16)11-22)23-19(24)13(2)26-15-6-4-5-14(10-15)25-3/h4-6,10,12-13H,7-9H2,1-3H3,(H,23,24). The van der Waals surface area contributed by atoms with E-state index in [1.54, 1.807) is 38.3 Å². The highest BCUT2D eigenvalue weighted by Gasteiger charge is 2.24. The number of carbonyl (C=O) groups is 1. The van der Waals surface area contributed by atoms with Crippen molar-refractivity contribution in [1.82, 2.24) is 0 Å². The first-order valence-electron chi connectivity index (χ1n) is 9.13. The van der Waals surface area contributed by atoms with Gasteiger partial charge in [0.05, 0.1) is 16.5 Å². The van der Waals surface area contributed by atoms with E-state index in [2.05, 4.69) is 18.3 Å². The van der Waals surface area contributed by atoms with Crippen LogP contribution in [-0.4, -0.2) is 19.1 Å². The fourth-order valence-electron chi connectivity index (χ4n) is 3.29. The van der Waals surface area contributed by atoms with Crippen LogP contribution in [-0.2, 0) is 17.6 Å². The van der Waals surface area contributed by atoms with Gasteiger partial charge in [0.15, 0.2) is 6.10 Å². The Bertz CT molecular complexity index is 994. The summed E-state index contributed by atoms with van der Waals surface area (Å²) in [4.78, 5) is 12.7. The second-order valence-electron chi connectivity index (χ2n) is 6.94. The quantitative estimate of drug-likeness (QED) is 0.706. The Morgan fingerprint density at radius 1 is 1.39 bits per heavy atom. The minimum Gasteiger partial charge on any atom is -0.497 e. The van der Waals surface area contributed by atoms with Crippen LogP contribution in [0.5, 0.6) is 11.5 Å². The van der Waals surface area contributed by atoms with E-state index in [1.807, 2.05) is 0 Å². The number of nitrogens with zero attached hydrogens (tertiary/aromatic N) is 1. The van der Waals surface area contributed by atoms with Crippen LogP contribution in [0.3, 0.4) is 0 Å². The molecule has 0 spiro atoms. The molecule has 1 aromatic heterocycles. The summed E-state index contributed by atoms with van der Waals surface area (Å²) in [5.74, 6) is 1.42. The van der Waals surface area contributed by atoms with Crippen molar-refractivity contribution in [3.63, 3.8) is 0 Å². The number of hydrogen-bond acceptors (Lipinski definition) is 6. The van der Waals surface area contributed by atoms with Crippen LogP contribution in [0.1, 0.15) is 37.0 Å². The maximum atomic E-state index is 12.7. The molecular weight excluding hydrogens is 392 g/mol. The maximum absolute atomic E-state index is 12.7. The molecule has 0 saturated carbocycles. The number of methoxy groups -OCH3 is 1. The maximum Gasteiger partial charge on any atom is 0.265 e. The second kappa shape index (κ2) is 8.72. The first kappa shape index (κ1) is 20.3. The highest BCUT2D eigenvalue weighted by Crippen LogP contribution is 2.36.